The molecule has 0 aliphatic rings. The van der Waals surface area contributed by atoms with Gasteiger partial charge in [-0.2, -0.15) is 5.10 Å². The number of aromatic hydroxyl groups is 1. The number of hydrazone groups is 1. The molecule has 3 rings (SSSR count). The second-order valence-electron chi connectivity index (χ2n) is 5.51. The molecule has 3 aromatic rings. The minimum Gasteiger partial charge on any atom is -0.504 e. The van der Waals surface area contributed by atoms with E-state index in [0.29, 0.717) is 17.0 Å². The summed E-state index contributed by atoms with van der Waals surface area (Å²) in [4.78, 5) is 18.8. The Balaban J connectivity index is 1.79. The molecule has 1 heterocycles. The van der Waals surface area contributed by atoms with E-state index in [0.717, 1.165) is 11.3 Å². The fraction of sp³-hybridized carbons (Fsp3) is 0.105. The zero-order valence-corrected chi connectivity index (χ0v) is 14.8. The minimum atomic E-state index is -0.306. The van der Waals surface area contributed by atoms with Crippen LogP contribution in [0.1, 0.15) is 5.56 Å². The number of rotatable bonds is 6. The number of H-pyrrole nitrogens is 1. The molecule has 138 valence electrons. The van der Waals surface area contributed by atoms with E-state index in [1.54, 1.807) is 31.4 Å². The van der Waals surface area contributed by atoms with Crippen molar-refractivity contribution in [3.05, 3.63) is 64.4 Å². The number of benzene rings is 2. The minimum absolute atomic E-state index is 0.0424. The number of anilines is 1. The Morgan fingerprint density at radius 2 is 1.89 bits per heavy atom. The molecule has 1 aromatic heterocycles. The highest BCUT2D eigenvalue weighted by atomic mass is 16.5. The summed E-state index contributed by atoms with van der Waals surface area (Å²) < 4.78 is 10.2. The van der Waals surface area contributed by atoms with E-state index in [2.05, 4.69) is 20.5 Å². The van der Waals surface area contributed by atoms with Crippen LogP contribution in [0.2, 0.25) is 0 Å². The van der Waals surface area contributed by atoms with Gasteiger partial charge in [0.2, 0.25) is 5.95 Å². The largest absolute Gasteiger partial charge is 0.504 e. The van der Waals surface area contributed by atoms with E-state index in [4.69, 9.17) is 9.47 Å². The van der Waals surface area contributed by atoms with Gasteiger partial charge < -0.3 is 14.6 Å². The van der Waals surface area contributed by atoms with E-state index < -0.39 is 0 Å². The van der Waals surface area contributed by atoms with Crippen LogP contribution in [0.5, 0.6) is 17.2 Å². The van der Waals surface area contributed by atoms with Crippen LogP contribution in [-0.4, -0.2) is 35.5 Å². The molecule has 0 atom stereocenters. The summed E-state index contributed by atoms with van der Waals surface area (Å²) in [6.07, 6.45) is 1.52. The average molecular weight is 366 g/mol. The Kier molecular flexibility index (Phi) is 5.36. The van der Waals surface area contributed by atoms with Crippen molar-refractivity contribution in [2.45, 2.75) is 0 Å². The summed E-state index contributed by atoms with van der Waals surface area (Å²) in [5.41, 5.74) is 4.37. The van der Waals surface area contributed by atoms with Crippen molar-refractivity contribution < 1.29 is 14.6 Å². The van der Waals surface area contributed by atoms with Crippen LogP contribution in [0.25, 0.3) is 11.3 Å². The van der Waals surface area contributed by atoms with Crippen molar-refractivity contribution >= 4 is 12.2 Å². The van der Waals surface area contributed by atoms with Crippen LogP contribution < -0.4 is 20.5 Å². The van der Waals surface area contributed by atoms with Gasteiger partial charge in [0.1, 0.15) is 5.75 Å². The molecule has 2 aromatic carbocycles. The fourth-order valence-electron chi connectivity index (χ4n) is 2.36. The maximum Gasteiger partial charge on any atom is 0.252 e. The van der Waals surface area contributed by atoms with Gasteiger partial charge in [-0.1, -0.05) is 0 Å². The molecule has 8 heteroatoms. The van der Waals surface area contributed by atoms with Crippen molar-refractivity contribution in [1.82, 2.24) is 9.97 Å². The number of aromatic nitrogens is 2. The highest BCUT2D eigenvalue weighted by Crippen LogP contribution is 2.25. The highest BCUT2D eigenvalue weighted by Gasteiger charge is 2.05. The lowest BCUT2D eigenvalue weighted by atomic mass is 10.1. The fourth-order valence-corrected chi connectivity index (χ4v) is 2.36. The molecule has 0 amide bonds. The lowest BCUT2D eigenvalue weighted by molar-refractivity contribution is 0.373. The first-order valence-electron chi connectivity index (χ1n) is 8.01. The van der Waals surface area contributed by atoms with Crippen LogP contribution >= 0.6 is 0 Å². The molecule has 0 radical (unpaired) electrons. The molecule has 3 N–H and O–H groups in total. The van der Waals surface area contributed by atoms with Gasteiger partial charge >= 0.3 is 0 Å². The Morgan fingerprint density at radius 3 is 2.59 bits per heavy atom. The predicted octanol–water partition coefficient (Wildman–Crippen LogP) is 2.61. The van der Waals surface area contributed by atoms with Crippen molar-refractivity contribution in [2.75, 3.05) is 19.6 Å². The van der Waals surface area contributed by atoms with Crippen LogP contribution in [0.3, 0.4) is 0 Å². The molecule has 0 unspecified atom stereocenters. The Bertz CT molecular complexity index is 1010. The van der Waals surface area contributed by atoms with Crippen LogP contribution in [0.4, 0.5) is 5.95 Å². The van der Waals surface area contributed by atoms with Gasteiger partial charge in [-0.15, -0.1) is 0 Å². The summed E-state index contributed by atoms with van der Waals surface area (Å²) in [7, 11) is 3.05. The summed E-state index contributed by atoms with van der Waals surface area (Å²) in [6, 6.07) is 13.4. The Labute approximate surface area is 155 Å². The van der Waals surface area contributed by atoms with E-state index in [-0.39, 0.29) is 17.3 Å². The zero-order valence-electron chi connectivity index (χ0n) is 14.8. The van der Waals surface area contributed by atoms with Crippen LogP contribution in [0.15, 0.2) is 58.4 Å². The molecule has 8 nitrogen and oxygen atoms in total. The van der Waals surface area contributed by atoms with Gasteiger partial charge in [-0.3, -0.25) is 9.78 Å². The molecule has 27 heavy (non-hydrogen) atoms. The standard InChI is InChI=1S/C19H18N4O4/c1-26-14-6-4-13(5-7-14)15-10-18(25)22-19(21-15)23-20-11-12-3-8-16(24)17(9-12)27-2/h3-11,24H,1-2H3,(H2,21,22,23,25)/b20-11-. The molecule has 0 spiro atoms. The number of ether oxygens (including phenoxy) is 2. The third-order valence-corrected chi connectivity index (χ3v) is 3.72. The number of nitrogens with one attached hydrogen (secondary N) is 2. The Morgan fingerprint density at radius 1 is 1.11 bits per heavy atom. The second-order valence-corrected chi connectivity index (χ2v) is 5.51. The summed E-state index contributed by atoms with van der Waals surface area (Å²) >= 11 is 0. The third kappa shape index (κ3) is 4.43. The lowest BCUT2D eigenvalue weighted by Gasteiger charge is -2.05. The normalized spacial score (nSPS) is 10.7. The molecule has 0 fully saturated rings. The maximum atomic E-state index is 11.9. The number of aromatic amines is 1. The highest BCUT2D eigenvalue weighted by molar-refractivity contribution is 5.81. The summed E-state index contributed by atoms with van der Waals surface area (Å²) in [6.45, 7) is 0. The number of phenolic OH excluding ortho intramolecular Hbond substituents is 1. The van der Waals surface area contributed by atoms with E-state index in [9.17, 15) is 9.90 Å². The van der Waals surface area contributed by atoms with Crippen LogP contribution in [0, 0.1) is 0 Å². The topological polar surface area (TPSA) is 109 Å². The van der Waals surface area contributed by atoms with Gasteiger partial charge in [0.15, 0.2) is 11.5 Å². The van der Waals surface area contributed by atoms with Gasteiger partial charge in [0.05, 0.1) is 26.1 Å². The molecule has 0 bridgehead atoms. The van der Waals surface area contributed by atoms with Gasteiger partial charge in [0, 0.05) is 11.6 Å². The van der Waals surface area contributed by atoms with Gasteiger partial charge in [-0.05, 0) is 48.0 Å². The smallest absolute Gasteiger partial charge is 0.252 e. The van der Waals surface area contributed by atoms with Gasteiger partial charge in [0.25, 0.3) is 5.56 Å². The number of nitrogens with zero attached hydrogens (tertiary/aromatic N) is 2. The van der Waals surface area contributed by atoms with Crippen molar-refractivity contribution in [3.8, 4) is 28.5 Å². The summed E-state index contributed by atoms with van der Waals surface area (Å²) in [5, 5.41) is 13.7. The first-order chi connectivity index (χ1) is 13.1. The van der Waals surface area contributed by atoms with Crippen molar-refractivity contribution in [1.29, 1.82) is 0 Å². The second kappa shape index (κ2) is 8.05. The van der Waals surface area contributed by atoms with Crippen molar-refractivity contribution in [2.24, 2.45) is 5.10 Å². The van der Waals surface area contributed by atoms with E-state index >= 15 is 0 Å². The predicted molar refractivity (Wildman–Crippen MR) is 103 cm³/mol. The number of hydrogen-bond donors (Lipinski definition) is 3. The number of phenols is 1. The number of methoxy groups -OCH3 is 2. The zero-order chi connectivity index (χ0) is 19.2. The maximum absolute atomic E-state index is 11.9. The van der Waals surface area contributed by atoms with E-state index in [1.807, 2.05) is 12.1 Å². The average Bonchev–Trinajstić information content (AvgIpc) is 2.69. The monoisotopic (exact) mass is 366 g/mol. The van der Waals surface area contributed by atoms with Crippen LogP contribution in [-0.2, 0) is 0 Å². The SMILES string of the molecule is COc1ccc(-c2cc(=O)[nH]c(N/N=C\c3ccc(O)c(OC)c3)n2)cc1. The third-order valence-electron chi connectivity index (χ3n) is 3.72. The Hall–Kier alpha value is -3.81. The summed E-state index contributed by atoms with van der Waals surface area (Å²) in [5.74, 6) is 1.30. The first-order valence-corrected chi connectivity index (χ1v) is 8.01. The van der Waals surface area contributed by atoms with Crippen molar-refractivity contribution in [3.63, 3.8) is 0 Å². The lowest BCUT2D eigenvalue weighted by Crippen LogP contribution is -2.10. The molecular formula is C19H18N4O4. The first kappa shape index (κ1) is 18.0. The molecule has 0 aliphatic carbocycles. The molecule has 0 saturated heterocycles. The van der Waals surface area contributed by atoms with E-state index in [1.165, 1.54) is 25.5 Å². The molecular weight excluding hydrogens is 348 g/mol. The number of hydrogen-bond acceptors (Lipinski definition) is 7. The molecule has 0 aliphatic heterocycles. The van der Waals surface area contributed by atoms with Gasteiger partial charge in [-0.25, -0.2) is 10.4 Å². The molecule has 0 saturated carbocycles. The quantitative estimate of drug-likeness (QED) is 0.457.